The van der Waals surface area contributed by atoms with Crippen molar-refractivity contribution in [1.29, 1.82) is 0 Å². The number of aromatic nitrogens is 2. The summed E-state index contributed by atoms with van der Waals surface area (Å²) in [5.74, 6) is 0.391. The molecule has 0 spiro atoms. The van der Waals surface area contributed by atoms with Crippen LogP contribution in [0.2, 0.25) is 0 Å². The zero-order valence-corrected chi connectivity index (χ0v) is 15.4. The second kappa shape index (κ2) is 8.03. The molecule has 7 heteroatoms. The molecule has 0 saturated carbocycles. The average Bonchev–Trinajstić information content (AvgIpc) is 2.50. The Bertz CT molecular complexity index is 740. The Morgan fingerprint density at radius 2 is 1.81 bits per heavy atom. The second-order valence-corrected chi connectivity index (χ2v) is 6.78. The summed E-state index contributed by atoms with van der Waals surface area (Å²) in [6.07, 6.45) is -3.84. The average molecular weight is 367 g/mol. The largest absolute Gasteiger partial charge is 0.493 e. The molecule has 4 nitrogen and oxygen atoms in total. The number of nitrogens with two attached hydrogens (primary N) is 1. The van der Waals surface area contributed by atoms with E-state index in [9.17, 15) is 13.2 Å². The van der Waals surface area contributed by atoms with Crippen LogP contribution in [0.4, 0.5) is 13.2 Å². The highest BCUT2D eigenvalue weighted by Crippen LogP contribution is 2.38. The zero-order valence-electron chi connectivity index (χ0n) is 15.4. The predicted octanol–water partition coefficient (Wildman–Crippen LogP) is 4.53. The maximum absolute atomic E-state index is 13.5. The summed E-state index contributed by atoms with van der Waals surface area (Å²) in [5.41, 5.74) is 6.45. The molecule has 0 saturated heterocycles. The first kappa shape index (κ1) is 20.2. The van der Waals surface area contributed by atoms with E-state index in [0.29, 0.717) is 29.2 Å². The molecule has 0 aliphatic carbocycles. The van der Waals surface area contributed by atoms with Crippen molar-refractivity contribution in [2.75, 3.05) is 6.61 Å². The van der Waals surface area contributed by atoms with E-state index in [1.807, 2.05) is 13.8 Å². The van der Waals surface area contributed by atoms with Gasteiger partial charge < -0.3 is 10.5 Å². The molecule has 0 bridgehead atoms. The molecule has 26 heavy (non-hydrogen) atoms. The maximum Gasteiger partial charge on any atom is 0.419 e. The Morgan fingerprint density at radius 1 is 1.12 bits per heavy atom. The number of benzene rings is 1. The van der Waals surface area contributed by atoms with E-state index < -0.39 is 11.7 Å². The third-order valence-electron chi connectivity index (χ3n) is 3.84. The van der Waals surface area contributed by atoms with Gasteiger partial charge in [0.25, 0.3) is 0 Å². The maximum atomic E-state index is 13.5. The van der Waals surface area contributed by atoms with Gasteiger partial charge >= 0.3 is 6.18 Å². The monoisotopic (exact) mass is 367 g/mol. The van der Waals surface area contributed by atoms with Gasteiger partial charge in [-0.2, -0.15) is 13.2 Å². The second-order valence-electron chi connectivity index (χ2n) is 6.78. The predicted molar refractivity (Wildman–Crippen MR) is 94.9 cm³/mol. The van der Waals surface area contributed by atoms with Crippen LogP contribution in [0.1, 0.15) is 37.4 Å². The van der Waals surface area contributed by atoms with Gasteiger partial charge in [-0.1, -0.05) is 6.92 Å². The molecule has 2 N–H and O–H groups in total. The van der Waals surface area contributed by atoms with Gasteiger partial charge in [0.1, 0.15) is 11.6 Å². The summed E-state index contributed by atoms with van der Waals surface area (Å²) >= 11 is 0. The Balaban J connectivity index is 2.33. The summed E-state index contributed by atoms with van der Waals surface area (Å²) in [6, 6.07) is 5.65. The number of hydrogen-bond acceptors (Lipinski definition) is 4. The highest BCUT2D eigenvalue weighted by Gasteiger charge is 2.35. The molecule has 2 aromatic rings. The molecule has 2 atom stereocenters. The highest BCUT2D eigenvalue weighted by molar-refractivity contribution is 5.63. The molecule has 1 heterocycles. The van der Waals surface area contributed by atoms with Crippen LogP contribution in [-0.2, 0) is 6.18 Å². The third kappa shape index (κ3) is 5.42. The van der Waals surface area contributed by atoms with Crippen LogP contribution in [-0.4, -0.2) is 22.6 Å². The molecule has 0 aliphatic rings. The van der Waals surface area contributed by atoms with Gasteiger partial charge in [-0.3, -0.25) is 0 Å². The quantitative estimate of drug-likeness (QED) is 0.815. The standard InChI is InChI=1S/C19H24F3N3O/c1-11(7-12(2)23)10-26-18-6-5-15(9-16(18)19(20,21)22)17-8-13(3)24-14(4)25-17/h5-6,8-9,11-12H,7,10,23H2,1-4H3. The van der Waals surface area contributed by atoms with Crippen LogP contribution in [0.25, 0.3) is 11.3 Å². The van der Waals surface area contributed by atoms with E-state index in [1.165, 1.54) is 6.07 Å². The van der Waals surface area contributed by atoms with Crippen LogP contribution in [0.3, 0.4) is 0 Å². The van der Waals surface area contributed by atoms with Gasteiger partial charge in [0, 0.05) is 17.3 Å². The van der Waals surface area contributed by atoms with Gasteiger partial charge in [0.2, 0.25) is 0 Å². The summed E-state index contributed by atoms with van der Waals surface area (Å²) in [6.45, 7) is 7.42. The fourth-order valence-electron chi connectivity index (χ4n) is 2.84. The fraction of sp³-hybridized carbons (Fsp3) is 0.474. The van der Waals surface area contributed by atoms with E-state index in [4.69, 9.17) is 10.5 Å². The summed E-state index contributed by atoms with van der Waals surface area (Å²) in [7, 11) is 0. The minimum absolute atomic E-state index is 0.0256. The van der Waals surface area contributed by atoms with E-state index in [-0.39, 0.29) is 24.3 Å². The summed E-state index contributed by atoms with van der Waals surface area (Å²) < 4.78 is 46.0. The molecular formula is C19H24F3N3O. The summed E-state index contributed by atoms with van der Waals surface area (Å²) in [5, 5.41) is 0. The van der Waals surface area contributed by atoms with Crippen molar-refractivity contribution in [1.82, 2.24) is 9.97 Å². The zero-order chi connectivity index (χ0) is 19.5. The topological polar surface area (TPSA) is 61.0 Å². The first-order valence-electron chi connectivity index (χ1n) is 8.48. The lowest BCUT2D eigenvalue weighted by molar-refractivity contribution is -0.139. The van der Waals surface area contributed by atoms with Crippen molar-refractivity contribution in [3.8, 4) is 17.0 Å². The lowest BCUT2D eigenvalue weighted by atomic mass is 10.0. The number of halogens is 3. The first-order valence-corrected chi connectivity index (χ1v) is 8.48. The van der Waals surface area contributed by atoms with E-state index in [1.54, 1.807) is 26.0 Å². The van der Waals surface area contributed by atoms with Gasteiger partial charge in [0.15, 0.2) is 0 Å². The molecule has 0 aliphatic heterocycles. The Hall–Kier alpha value is -2.15. The summed E-state index contributed by atoms with van der Waals surface area (Å²) in [4.78, 5) is 8.38. The van der Waals surface area contributed by atoms with Crippen LogP contribution in [0.5, 0.6) is 5.75 Å². The van der Waals surface area contributed by atoms with Gasteiger partial charge in [-0.05, 0) is 57.4 Å². The van der Waals surface area contributed by atoms with Crippen molar-refractivity contribution in [3.05, 3.63) is 41.3 Å². The van der Waals surface area contributed by atoms with Crippen LogP contribution < -0.4 is 10.5 Å². The van der Waals surface area contributed by atoms with E-state index in [2.05, 4.69) is 9.97 Å². The van der Waals surface area contributed by atoms with Crippen molar-refractivity contribution in [3.63, 3.8) is 0 Å². The minimum atomic E-state index is -4.52. The Kier molecular flexibility index (Phi) is 6.23. The lowest BCUT2D eigenvalue weighted by Gasteiger charge is -2.19. The SMILES string of the molecule is Cc1cc(-c2ccc(OCC(C)CC(C)N)c(C(F)(F)F)c2)nc(C)n1. The molecule has 2 rings (SSSR count). The molecular weight excluding hydrogens is 343 g/mol. The molecule has 0 amide bonds. The third-order valence-corrected chi connectivity index (χ3v) is 3.84. The van der Waals surface area contributed by atoms with Gasteiger partial charge in [-0.15, -0.1) is 0 Å². The van der Waals surface area contributed by atoms with Crippen molar-refractivity contribution < 1.29 is 17.9 Å². The smallest absolute Gasteiger partial charge is 0.419 e. The molecule has 1 aromatic heterocycles. The van der Waals surface area contributed by atoms with Gasteiger partial charge in [-0.25, -0.2) is 9.97 Å². The van der Waals surface area contributed by atoms with Crippen LogP contribution >= 0.6 is 0 Å². The molecule has 0 fully saturated rings. The van der Waals surface area contributed by atoms with Gasteiger partial charge in [0.05, 0.1) is 17.9 Å². The number of nitrogens with zero attached hydrogens (tertiary/aromatic N) is 2. The minimum Gasteiger partial charge on any atom is -0.493 e. The Morgan fingerprint density at radius 3 is 2.38 bits per heavy atom. The van der Waals surface area contributed by atoms with E-state index >= 15 is 0 Å². The number of aryl methyl sites for hydroxylation is 2. The normalized spacial score (nSPS) is 14.2. The van der Waals surface area contributed by atoms with Crippen molar-refractivity contribution >= 4 is 0 Å². The molecule has 0 radical (unpaired) electrons. The number of rotatable bonds is 6. The highest BCUT2D eigenvalue weighted by atomic mass is 19.4. The van der Waals surface area contributed by atoms with Crippen LogP contribution in [0.15, 0.2) is 24.3 Å². The number of hydrogen-bond donors (Lipinski definition) is 1. The Labute approximate surface area is 151 Å². The molecule has 1 aromatic carbocycles. The lowest BCUT2D eigenvalue weighted by Crippen LogP contribution is -2.22. The van der Waals surface area contributed by atoms with Crippen molar-refractivity contribution in [2.24, 2.45) is 11.7 Å². The molecule has 142 valence electrons. The fourth-order valence-corrected chi connectivity index (χ4v) is 2.84. The first-order chi connectivity index (χ1) is 12.1. The number of ether oxygens (including phenoxy) is 1. The molecule has 2 unspecified atom stereocenters. The number of alkyl halides is 3. The van der Waals surface area contributed by atoms with E-state index in [0.717, 1.165) is 6.07 Å². The van der Waals surface area contributed by atoms with Crippen LogP contribution in [0, 0.1) is 19.8 Å². The van der Waals surface area contributed by atoms with Crippen molar-refractivity contribution in [2.45, 2.75) is 46.3 Å².